The van der Waals surface area contributed by atoms with E-state index in [0.717, 1.165) is 64.2 Å². The third-order valence-electron chi connectivity index (χ3n) is 3.93. The molecule has 0 spiro atoms. The van der Waals surface area contributed by atoms with Crippen LogP contribution in [0, 0.1) is 0 Å². The number of unbranched alkanes of at least 4 members (excludes halogenated alkanes) is 2. The maximum absolute atomic E-state index is 11.8. The zero-order valence-electron chi connectivity index (χ0n) is 13.4. The Hall–Kier alpha value is -1.12. The zero-order valence-corrected chi connectivity index (χ0v) is 13.4. The molecule has 0 amide bonds. The Labute approximate surface area is 129 Å². The monoisotopic (exact) mass is 294 g/mol. The molecule has 3 heteroatoms. The summed E-state index contributed by atoms with van der Waals surface area (Å²) < 4.78 is 5.51. The minimum Gasteiger partial charge on any atom is -0.458 e. The van der Waals surface area contributed by atoms with Gasteiger partial charge in [0.25, 0.3) is 0 Å². The normalized spacial score (nSPS) is 24.1. The molecule has 0 aromatic rings. The third-order valence-corrected chi connectivity index (χ3v) is 3.93. The Morgan fingerprint density at radius 3 is 2.38 bits per heavy atom. The van der Waals surface area contributed by atoms with E-state index in [1.807, 2.05) is 0 Å². The maximum Gasteiger partial charge on any atom is 0.306 e. The summed E-state index contributed by atoms with van der Waals surface area (Å²) in [7, 11) is 0. The highest BCUT2D eigenvalue weighted by atomic mass is 16.5. The topological polar surface area (TPSA) is 43.4 Å². The SMILES string of the molecule is CCCCC[C@@H]1/C=C\C(=O)CCCCCCCCC(=O)O1. The quantitative estimate of drug-likeness (QED) is 0.555. The number of rotatable bonds is 4. The van der Waals surface area contributed by atoms with Crippen molar-refractivity contribution in [2.24, 2.45) is 0 Å². The lowest BCUT2D eigenvalue weighted by Crippen LogP contribution is -2.16. The molecule has 0 saturated heterocycles. The molecule has 3 nitrogen and oxygen atoms in total. The van der Waals surface area contributed by atoms with Crippen molar-refractivity contribution in [1.29, 1.82) is 0 Å². The van der Waals surface area contributed by atoms with Gasteiger partial charge in [-0.15, -0.1) is 0 Å². The lowest BCUT2D eigenvalue weighted by molar-refractivity contribution is -0.147. The first-order chi connectivity index (χ1) is 10.2. The largest absolute Gasteiger partial charge is 0.458 e. The average molecular weight is 294 g/mol. The van der Waals surface area contributed by atoms with Crippen LogP contribution in [0.25, 0.3) is 0 Å². The summed E-state index contributed by atoms with van der Waals surface area (Å²) in [6, 6.07) is 0. The van der Waals surface area contributed by atoms with E-state index in [2.05, 4.69) is 6.92 Å². The van der Waals surface area contributed by atoms with Gasteiger partial charge in [-0.25, -0.2) is 0 Å². The molecule has 0 aromatic carbocycles. The molecule has 0 unspecified atom stereocenters. The van der Waals surface area contributed by atoms with Gasteiger partial charge >= 0.3 is 5.97 Å². The molecule has 1 atom stereocenters. The molecule has 1 aliphatic rings. The molecule has 0 radical (unpaired) electrons. The number of allylic oxidation sites excluding steroid dienone is 1. The molecule has 0 bridgehead atoms. The molecule has 0 saturated carbocycles. The first-order valence-corrected chi connectivity index (χ1v) is 8.63. The predicted molar refractivity (Wildman–Crippen MR) is 85.1 cm³/mol. The molecule has 1 rings (SSSR count). The third kappa shape index (κ3) is 9.43. The van der Waals surface area contributed by atoms with Crippen LogP contribution in [0.15, 0.2) is 12.2 Å². The second kappa shape index (κ2) is 11.5. The highest BCUT2D eigenvalue weighted by Crippen LogP contribution is 2.14. The van der Waals surface area contributed by atoms with Crippen LogP contribution in [0.2, 0.25) is 0 Å². The van der Waals surface area contributed by atoms with E-state index >= 15 is 0 Å². The van der Waals surface area contributed by atoms with Crippen molar-refractivity contribution in [2.45, 2.75) is 90.1 Å². The van der Waals surface area contributed by atoms with Crippen LogP contribution in [0.4, 0.5) is 0 Å². The Balaban J connectivity index is 2.55. The molecule has 0 fully saturated rings. The molecular weight excluding hydrogens is 264 g/mol. The molecule has 21 heavy (non-hydrogen) atoms. The second-order valence-electron chi connectivity index (χ2n) is 5.97. The Bertz CT molecular complexity index is 333. The summed E-state index contributed by atoms with van der Waals surface area (Å²) in [5.41, 5.74) is 0. The molecule has 1 heterocycles. The van der Waals surface area contributed by atoms with Gasteiger partial charge in [0, 0.05) is 12.8 Å². The van der Waals surface area contributed by atoms with Crippen LogP contribution in [0.5, 0.6) is 0 Å². The molecule has 0 N–H and O–H groups in total. The van der Waals surface area contributed by atoms with Crippen molar-refractivity contribution in [1.82, 2.24) is 0 Å². The molecular formula is C18H30O3. The van der Waals surface area contributed by atoms with Crippen molar-refractivity contribution >= 4 is 11.8 Å². The second-order valence-corrected chi connectivity index (χ2v) is 5.97. The fraction of sp³-hybridized carbons (Fsp3) is 0.778. The van der Waals surface area contributed by atoms with Crippen molar-refractivity contribution in [2.75, 3.05) is 0 Å². The zero-order chi connectivity index (χ0) is 15.3. The fourth-order valence-electron chi connectivity index (χ4n) is 2.59. The number of hydrogen-bond donors (Lipinski definition) is 0. The molecule has 1 aliphatic heterocycles. The maximum atomic E-state index is 11.8. The Morgan fingerprint density at radius 1 is 1.00 bits per heavy atom. The number of ether oxygens (including phenoxy) is 1. The van der Waals surface area contributed by atoms with Crippen LogP contribution in [0.1, 0.15) is 84.0 Å². The number of ketones is 1. The number of carbonyl (C=O) groups is 2. The van der Waals surface area contributed by atoms with Gasteiger partial charge in [-0.2, -0.15) is 0 Å². The number of hydrogen-bond acceptors (Lipinski definition) is 3. The highest BCUT2D eigenvalue weighted by molar-refractivity contribution is 5.89. The highest BCUT2D eigenvalue weighted by Gasteiger charge is 2.12. The van der Waals surface area contributed by atoms with E-state index in [1.165, 1.54) is 0 Å². The first kappa shape index (κ1) is 17.9. The number of esters is 1. The summed E-state index contributed by atoms with van der Waals surface area (Å²) in [5, 5.41) is 0. The summed E-state index contributed by atoms with van der Waals surface area (Å²) >= 11 is 0. The minimum atomic E-state index is -0.226. The van der Waals surface area contributed by atoms with Gasteiger partial charge in [0.2, 0.25) is 0 Å². The van der Waals surface area contributed by atoms with Gasteiger partial charge in [0.15, 0.2) is 5.78 Å². The van der Waals surface area contributed by atoms with Crippen LogP contribution < -0.4 is 0 Å². The molecule has 0 aliphatic carbocycles. The summed E-state index contributed by atoms with van der Waals surface area (Å²) in [6.45, 7) is 2.15. The van der Waals surface area contributed by atoms with Crippen LogP contribution in [0.3, 0.4) is 0 Å². The van der Waals surface area contributed by atoms with E-state index in [1.54, 1.807) is 12.2 Å². The summed E-state index contributed by atoms with van der Waals surface area (Å²) in [5.74, 6) is 0.0363. The van der Waals surface area contributed by atoms with Crippen LogP contribution >= 0.6 is 0 Å². The van der Waals surface area contributed by atoms with Crippen LogP contribution in [-0.2, 0) is 14.3 Å². The summed E-state index contributed by atoms with van der Waals surface area (Å²) in [6.07, 6.45) is 14.8. The van der Waals surface area contributed by atoms with Gasteiger partial charge < -0.3 is 4.74 Å². The van der Waals surface area contributed by atoms with Gasteiger partial charge in [-0.05, 0) is 37.8 Å². The minimum absolute atomic E-state index is 0.120. The fourth-order valence-corrected chi connectivity index (χ4v) is 2.59. The Morgan fingerprint density at radius 2 is 1.67 bits per heavy atom. The number of carbonyl (C=O) groups excluding carboxylic acids is 2. The van der Waals surface area contributed by atoms with Gasteiger partial charge in [0.1, 0.15) is 6.10 Å². The molecule has 120 valence electrons. The first-order valence-electron chi connectivity index (χ1n) is 8.63. The lowest BCUT2D eigenvalue weighted by atomic mass is 10.0. The van der Waals surface area contributed by atoms with E-state index in [9.17, 15) is 9.59 Å². The predicted octanol–water partition coefficient (Wildman–Crippen LogP) is 4.74. The van der Waals surface area contributed by atoms with Crippen molar-refractivity contribution < 1.29 is 14.3 Å². The van der Waals surface area contributed by atoms with Gasteiger partial charge in [-0.3, -0.25) is 9.59 Å². The van der Waals surface area contributed by atoms with Crippen molar-refractivity contribution in [3.63, 3.8) is 0 Å². The number of cyclic esters (lactones) is 1. The van der Waals surface area contributed by atoms with Crippen molar-refractivity contribution in [3.05, 3.63) is 12.2 Å². The van der Waals surface area contributed by atoms with E-state index in [4.69, 9.17) is 4.74 Å². The average Bonchev–Trinajstić information content (AvgIpc) is 2.46. The lowest BCUT2D eigenvalue weighted by Gasteiger charge is -2.14. The van der Waals surface area contributed by atoms with Gasteiger partial charge in [-0.1, -0.05) is 45.4 Å². The van der Waals surface area contributed by atoms with E-state index in [0.29, 0.717) is 12.8 Å². The smallest absolute Gasteiger partial charge is 0.306 e. The Kier molecular flexibility index (Phi) is 9.84. The summed E-state index contributed by atoms with van der Waals surface area (Å²) in [4.78, 5) is 23.6. The van der Waals surface area contributed by atoms with E-state index < -0.39 is 0 Å². The van der Waals surface area contributed by atoms with E-state index in [-0.39, 0.29) is 17.9 Å². The van der Waals surface area contributed by atoms with Gasteiger partial charge in [0.05, 0.1) is 0 Å². The van der Waals surface area contributed by atoms with Crippen molar-refractivity contribution in [3.8, 4) is 0 Å². The standard InChI is InChI=1S/C18H30O3/c1-2-3-8-12-17-15-14-16(19)11-9-6-4-5-7-10-13-18(20)21-17/h14-15,17H,2-13H2,1H3/b15-14-/t17-/m1/s1. The molecule has 0 aromatic heterocycles. The van der Waals surface area contributed by atoms with Crippen LogP contribution in [-0.4, -0.2) is 17.9 Å².